The Bertz CT molecular complexity index is 873. The molecule has 3 rings (SSSR count). The summed E-state index contributed by atoms with van der Waals surface area (Å²) in [5, 5.41) is 2.82. The van der Waals surface area contributed by atoms with Crippen LogP contribution < -0.4 is 5.32 Å². The molecular weight excluding hydrogens is 384 g/mol. The molecule has 5 nitrogen and oxygen atoms in total. The van der Waals surface area contributed by atoms with E-state index in [4.69, 9.17) is 4.74 Å². The molecular formula is C19H15BrN2O3. The largest absolute Gasteiger partial charge is 0.456 e. The van der Waals surface area contributed by atoms with Crippen LogP contribution >= 0.6 is 15.9 Å². The molecule has 0 fully saturated rings. The van der Waals surface area contributed by atoms with E-state index in [2.05, 4.69) is 26.2 Å². The van der Waals surface area contributed by atoms with Gasteiger partial charge in [-0.3, -0.25) is 4.79 Å². The number of nitrogens with one attached hydrogen (secondary N) is 2. The third kappa shape index (κ3) is 4.58. The summed E-state index contributed by atoms with van der Waals surface area (Å²) < 4.78 is 6.02. The molecule has 0 saturated heterocycles. The molecule has 126 valence electrons. The summed E-state index contributed by atoms with van der Waals surface area (Å²) in [6, 6.07) is 17.8. The summed E-state index contributed by atoms with van der Waals surface area (Å²) in [7, 11) is 0. The van der Waals surface area contributed by atoms with Crippen LogP contribution in [0.4, 0.5) is 5.69 Å². The van der Waals surface area contributed by atoms with Crippen molar-refractivity contribution in [3.8, 4) is 0 Å². The number of para-hydroxylation sites is 1. The summed E-state index contributed by atoms with van der Waals surface area (Å²) in [5.41, 5.74) is 2.45. The van der Waals surface area contributed by atoms with Gasteiger partial charge in [0.2, 0.25) is 0 Å². The van der Waals surface area contributed by atoms with Crippen LogP contribution in [-0.2, 0) is 11.3 Å². The smallest absolute Gasteiger partial charge is 0.355 e. The van der Waals surface area contributed by atoms with Crippen LogP contribution in [0.5, 0.6) is 0 Å². The lowest BCUT2D eigenvalue weighted by atomic mass is 10.1. The Morgan fingerprint density at radius 3 is 2.40 bits per heavy atom. The number of ether oxygens (including phenoxy) is 1. The maximum atomic E-state index is 12.2. The molecule has 0 radical (unpaired) electrons. The quantitative estimate of drug-likeness (QED) is 0.626. The lowest BCUT2D eigenvalue weighted by Gasteiger charge is -2.07. The van der Waals surface area contributed by atoms with Crippen molar-refractivity contribution < 1.29 is 14.3 Å². The number of aromatic nitrogens is 1. The first-order valence-corrected chi connectivity index (χ1v) is 8.37. The summed E-state index contributed by atoms with van der Waals surface area (Å²) in [6.45, 7) is 0.135. The highest BCUT2D eigenvalue weighted by Crippen LogP contribution is 2.13. The maximum Gasteiger partial charge on any atom is 0.355 e. The van der Waals surface area contributed by atoms with Crippen molar-refractivity contribution >= 4 is 33.5 Å². The minimum Gasteiger partial charge on any atom is -0.456 e. The van der Waals surface area contributed by atoms with E-state index in [0.717, 1.165) is 15.7 Å². The van der Waals surface area contributed by atoms with Crippen LogP contribution in [0.3, 0.4) is 0 Å². The number of amides is 1. The fourth-order valence-corrected chi connectivity index (χ4v) is 2.53. The molecule has 0 aliphatic rings. The number of carbonyl (C=O) groups excluding carboxylic acids is 2. The molecule has 0 spiro atoms. The predicted octanol–water partition coefficient (Wildman–Crippen LogP) is 4.39. The number of rotatable bonds is 5. The van der Waals surface area contributed by atoms with Crippen LogP contribution in [0.25, 0.3) is 0 Å². The average Bonchev–Trinajstić information content (AvgIpc) is 3.07. The number of benzene rings is 2. The van der Waals surface area contributed by atoms with E-state index >= 15 is 0 Å². The second-order valence-electron chi connectivity index (χ2n) is 5.32. The number of hydrogen-bond donors (Lipinski definition) is 2. The number of halogens is 1. The van der Waals surface area contributed by atoms with Crippen LogP contribution in [0, 0.1) is 0 Å². The monoisotopic (exact) mass is 398 g/mol. The Morgan fingerprint density at radius 1 is 1.04 bits per heavy atom. The Labute approximate surface area is 153 Å². The van der Waals surface area contributed by atoms with Crippen molar-refractivity contribution in [2.24, 2.45) is 0 Å². The fraction of sp³-hybridized carbons (Fsp3) is 0.0526. The Hall–Kier alpha value is -2.86. The van der Waals surface area contributed by atoms with Gasteiger partial charge in [0.05, 0.1) is 0 Å². The topological polar surface area (TPSA) is 71.2 Å². The van der Waals surface area contributed by atoms with Crippen molar-refractivity contribution in [3.63, 3.8) is 0 Å². The van der Waals surface area contributed by atoms with Gasteiger partial charge in [0.25, 0.3) is 5.91 Å². The summed E-state index contributed by atoms with van der Waals surface area (Å²) in [6.07, 6.45) is 1.66. The van der Waals surface area contributed by atoms with E-state index in [1.165, 1.54) is 0 Å². The number of aromatic amines is 1. The summed E-state index contributed by atoms with van der Waals surface area (Å²) in [4.78, 5) is 26.9. The highest BCUT2D eigenvalue weighted by molar-refractivity contribution is 9.10. The first kappa shape index (κ1) is 17.0. The van der Waals surface area contributed by atoms with Gasteiger partial charge in [0.1, 0.15) is 12.3 Å². The average molecular weight is 399 g/mol. The lowest BCUT2D eigenvalue weighted by molar-refractivity contribution is 0.0466. The molecule has 0 atom stereocenters. The van der Waals surface area contributed by atoms with Crippen LogP contribution in [0.2, 0.25) is 0 Å². The van der Waals surface area contributed by atoms with E-state index in [-0.39, 0.29) is 12.5 Å². The van der Waals surface area contributed by atoms with Gasteiger partial charge in [-0.25, -0.2) is 4.79 Å². The molecule has 0 aliphatic heterocycles. The molecule has 0 bridgehead atoms. The normalized spacial score (nSPS) is 10.3. The van der Waals surface area contributed by atoms with Crippen molar-refractivity contribution in [2.45, 2.75) is 6.61 Å². The molecule has 1 heterocycles. The van der Waals surface area contributed by atoms with Gasteiger partial charge in [0.15, 0.2) is 0 Å². The highest BCUT2D eigenvalue weighted by atomic mass is 79.9. The zero-order chi connectivity index (χ0) is 17.6. The zero-order valence-electron chi connectivity index (χ0n) is 13.2. The van der Waals surface area contributed by atoms with Crippen LogP contribution in [-0.4, -0.2) is 16.9 Å². The van der Waals surface area contributed by atoms with Gasteiger partial charge in [-0.15, -0.1) is 0 Å². The first-order chi connectivity index (χ1) is 12.1. The van der Waals surface area contributed by atoms with E-state index in [1.54, 1.807) is 36.5 Å². The summed E-state index contributed by atoms with van der Waals surface area (Å²) in [5.74, 6) is -0.623. The molecule has 1 amide bonds. The fourth-order valence-electron chi connectivity index (χ4n) is 2.19. The van der Waals surface area contributed by atoms with E-state index in [1.807, 2.05) is 30.3 Å². The second kappa shape index (κ2) is 7.81. The molecule has 1 aromatic heterocycles. The van der Waals surface area contributed by atoms with E-state index in [9.17, 15) is 9.59 Å². The molecule has 6 heteroatoms. The van der Waals surface area contributed by atoms with Crippen molar-refractivity contribution in [2.75, 3.05) is 5.32 Å². The standard InChI is InChI=1S/C19H15BrN2O3/c20-15-10-17(21-11-15)19(24)25-12-13-6-8-14(9-7-13)18(23)22-16-4-2-1-3-5-16/h1-11,21H,12H2,(H,22,23). The van der Waals surface area contributed by atoms with Gasteiger partial charge < -0.3 is 15.0 Å². The number of carbonyl (C=O) groups is 2. The zero-order valence-corrected chi connectivity index (χ0v) is 14.7. The lowest BCUT2D eigenvalue weighted by Crippen LogP contribution is -2.12. The Balaban J connectivity index is 1.56. The van der Waals surface area contributed by atoms with E-state index in [0.29, 0.717) is 11.3 Å². The maximum absolute atomic E-state index is 12.2. The highest BCUT2D eigenvalue weighted by Gasteiger charge is 2.10. The molecule has 3 aromatic rings. The van der Waals surface area contributed by atoms with Crippen molar-refractivity contribution in [1.82, 2.24) is 4.98 Å². The molecule has 2 aromatic carbocycles. The number of H-pyrrole nitrogens is 1. The van der Waals surface area contributed by atoms with Gasteiger partial charge in [-0.05, 0) is 51.8 Å². The van der Waals surface area contributed by atoms with Crippen LogP contribution in [0.15, 0.2) is 71.3 Å². The molecule has 0 unspecified atom stereocenters. The number of esters is 1. The van der Waals surface area contributed by atoms with Gasteiger partial charge in [-0.2, -0.15) is 0 Å². The van der Waals surface area contributed by atoms with E-state index < -0.39 is 5.97 Å². The molecule has 25 heavy (non-hydrogen) atoms. The molecule has 2 N–H and O–H groups in total. The van der Waals surface area contributed by atoms with Gasteiger partial charge in [0, 0.05) is 21.9 Å². The minimum absolute atomic E-state index is 0.135. The third-order valence-electron chi connectivity index (χ3n) is 3.49. The van der Waals surface area contributed by atoms with Crippen molar-refractivity contribution in [3.05, 3.63) is 88.2 Å². The van der Waals surface area contributed by atoms with Crippen LogP contribution in [0.1, 0.15) is 26.4 Å². The molecule has 0 saturated carbocycles. The SMILES string of the molecule is O=C(Nc1ccccc1)c1ccc(COC(=O)c2cc(Br)c[nH]2)cc1. The second-order valence-corrected chi connectivity index (χ2v) is 6.24. The van der Waals surface area contributed by atoms with Gasteiger partial charge in [-0.1, -0.05) is 30.3 Å². The summed E-state index contributed by atoms with van der Waals surface area (Å²) >= 11 is 3.26. The van der Waals surface area contributed by atoms with Crippen molar-refractivity contribution in [1.29, 1.82) is 0 Å². The Morgan fingerprint density at radius 2 is 1.76 bits per heavy atom. The third-order valence-corrected chi connectivity index (χ3v) is 3.94. The molecule has 0 aliphatic carbocycles. The minimum atomic E-state index is -0.434. The number of anilines is 1. The van der Waals surface area contributed by atoms with Gasteiger partial charge >= 0.3 is 5.97 Å². The first-order valence-electron chi connectivity index (χ1n) is 7.58. The number of hydrogen-bond acceptors (Lipinski definition) is 3. The Kier molecular flexibility index (Phi) is 5.30. The predicted molar refractivity (Wildman–Crippen MR) is 98.4 cm³/mol.